The lowest BCUT2D eigenvalue weighted by molar-refractivity contribution is -0.130. The molecule has 2 aliphatic rings. The van der Waals surface area contributed by atoms with E-state index < -0.39 is 6.04 Å². The molecule has 0 saturated carbocycles. The molecule has 2 N–H and O–H groups in total. The van der Waals surface area contributed by atoms with Gasteiger partial charge in [0.2, 0.25) is 5.91 Å². The molecule has 5 rings (SSSR count). The van der Waals surface area contributed by atoms with Gasteiger partial charge in [-0.05, 0) is 29.3 Å². The minimum Gasteiger partial charge on any atom is -0.489 e. The number of anilines is 1. The van der Waals surface area contributed by atoms with E-state index in [0.29, 0.717) is 39.9 Å². The van der Waals surface area contributed by atoms with Gasteiger partial charge in [-0.1, -0.05) is 66.2 Å². The molecule has 0 fully saturated rings. The summed E-state index contributed by atoms with van der Waals surface area (Å²) < 4.78 is 5.84. The average Bonchev–Trinajstić information content (AvgIpc) is 3.22. The fourth-order valence-corrected chi connectivity index (χ4v) is 4.72. The van der Waals surface area contributed by atoms with Gasteiger partial charge in [-0.15, -0.1) is 0 Å². The normalized spacial score (nSPS) is 17.0. The number of benzene rings is 3. The number of nitrogens with one attached hydrogen (secondary N) is 2. The van der Waals surface area contributed by atoms with E-state index in [1.165, 1.54) is 9.80 Å². The van der Waals surface area contributed by atoms with Crippen LogP contribution in [0.4, 0.5) is 10.5 Å². The second-order valence-electron chi connectivity index (χ2n) is 8.83. The van der Waals surface area contributed by atoms with Gasteiger partial charge in [-0.25, -0.2) is 4.79 Å². The van der Waals surface area contributed by atoms with E-state index in [4.69, 9.17) is 16.3 Å². The number of hydrogen-bond donors (Lipinski definition) is 2. The quantitative estimate of drug-likeness (QED) is 0.488. The molecular weight excluding hydrogens is 492 g/mol. The van der Waals surface area contributed by atoms with Crippen molar-refractivity contribution >= 4 is 35.1 Å². The lowest BCUT2D eigenvalue weighted by Crippen LogP contribution is -2.45. The number of urea groups is 1. The van der Waals surface area contributed by atoms with Crippen LogP contribution in [0, 0.1) is 0 Å². The zero-order valence-electron chi connectivity index (χ0n) is 20.1. The second kappa shape index (κ2) is 10.4. The Morgan fingerprint density at radius 3 is 2.59 bits per heavy atom. The van der Waals surface area contributed by atoms with E-state index in [2.05, 4.69) is 10.6 Å². The van der Waals surface area contributed by atoms with Crippen LogP contribution in [0.1, 0.15) is 17.2 Å². The molecule has 3 aromatic rings. The summed E-state index contributed by atoms with van der Waals surface area (Å²) in [7, 11) is 1.60. The lowest BCUT2D eigenvalue weighted by Gasteiger charge is -2.31. The van der Waals surface area contributed by atoms with Crippen molar-refractivity contribution in [2.24, 2.45) is 0 Å². The number of rotatable bonds is 7. The molecule has 2 aliphatic heterocycles. The molecule has 0 aromatic heterocycles. The third-order valence-corrected chi connectivity index (χ3v) is 6.70. The van der Waals surface area contributed by atoms with Crippen molar-refractivity contribution in [1.82, 2.24) is 15.1 Å². The van der Waals surface area contributed by atoms with Crippen molar-refractivity contribution in [3.05, 3.63) is 106 Å². The molecule has 0 saturated heterocycles. The highest BCUT2D eigenvalue weighted by molar-refractivity contribution is 6.31. The van der Waals surface area contributed by atoms with Gasteiger partial charge >= 0.3 is 6.03 Å². The Balaban J connectivity index is 1.26. The van der Waals surface area contributed by atoms with Crippen LogP contribution in [0.3, 0.4) is 0 Å². The molecule has 0 bridgehead atoms. The number of carbonyl (C=O) groups excluding carboxylic acids is 3. The number of halogens is 1. The number of likely N-dealkylation sites (N-methyl/N-ethyl adjacent to an activating group) is 1. The fraction of sp³-hybridized carbons (Fsp3) is 0.179. The van der Waals surface area contributed by atoms with E-state index in [9.17, 15) is 14.4 Å². The number of hydrogen-bond acceptors (Lipinski definition) is 4. The van der Waals surface area contributed by atoms with Gasteiger partial charge < -0.3 is 20.3 Å². The Kier molecular flexibility index (Phi) is 6.83. The summed E-state index contributed by atoms with van der Waals surface area (Å²) in [5.41, 5.74) is 3.20. The number of nitrogens with zero attached hydrogens (tertiary/aromatic N) is 2. The maximum atomic E-state index is 13.4. The van der Waals surface area contributed by atoms with Crippen LogP contribution in [-0.2, 0) is 16.2 Å². The first-order chi connectivity index (χ1) is 17.9. The van der Waals surface area contributed by atoms with Crippen LogP contribution in [0.15, 0.2) is 90.1 Å². The highest BCUT2D eigenvalue weighted by atomic mass is 35.5. The van der Waals surface area contributed by atoms with Crippen LogP contribution < -0.4 is 15.4 Å². The number of ether oxygens (including phenoxy) is 1. The van der Waals surface area contributed by atoms with E-state index in [1.807, 2.05) is 36.4 Å². The molecule has 2 heterocycles. The fourth-order valence-electron chi connectivity index (χ4n) is 4.47. The van der Waals surface area contributed by atoms with E-state index in [-0.39, 0.29) is 30.9 Å². The molecule has 3 aromatic carbocycles. The Labute approximate surface area is 219 Å². The smallest absolute Gasteiger partial charge is 0.322 e. The van der Waals surface area contributed by atoms with Gasteiger partial charge in [-0.3, -0.25) is 14.5 Å². The summed E-state index contributed by atoms with van der Waals surface area (Å²) in [4.78, 5) is 41.7. The molecule has 8 nitrogen and oxygen atoms in total. The van der Waals surface area contributed by atoms with E-state index in [0.717, 1.165) is 5.56 Å². The first kappa shape index (κ1) is 24.4. The molecule has 0 spiro atoms. The van der Waals surface area contributed by atoms with Crippen molar-refractivity contribution in [2.45, 2.75) is 12.6 Å². The van der Waals surface area contributed by atoms with Crippen molar-refractivity contribution in [1.29, 1.82) is 0 Å². The molecule has 4 amide bonds. The molecule has 0 radical (unpaired) electrons. The van der Waals surface area contributed by atoms with Gasteiger partial charge in [0.05, 0.1) is 23.9 Å². The zero-order valence-corrected chi connectivity index (χ0v) is 20.9. The predicted molar refractivity (Wildman–Crippen MR) is 140 cm³/mol. The number of amides is 4. The summed E-state index contributed by atoms with van der Waals surface area (Å²) in [6, 6.07) is 22.9. The maximum Gasteiger partial charge on any atom is 0.322 e. The van der Waals surface area contributed by atoms with Crippen LogP contribution in [0.25, 0.3) is 0 Å². The first-order valence-electron chi connectivity index (χ1n) is 11.8. The summed E-state index contributed by atoms with van der Waals surface area (Å²) in [6.07, 6.45) is 0. The van der Waals surface area contributed by atoms with E-state index >= 15 is 0 Å². The first-order valence-corrected chi connectivity index (χ1v) is 12.2. The van der Waals surface area contributed by atoms with Gasteiger partial charge in [0.15, 0.2) is 0 Å². The zero-order chi connectivity index (χ0) is 25.9. The number of carbonyl (C=O) groups is 3. The van der Waals surface area contributed by atoms with Gasteiger partial charge in [-0.2, -0.15) is 0 Å². The van der Waals surface area contributed by atoms with E-state index in [1.54, 1.807) is 49.5 Å². The molecule has 188 valence electrons. The topological polar surface area (TPSA) is 91.0 Å². The summed E-state index contributed by atoms with van der Waals surface area (Å²) in [6.45, 7) is 0.384. The largest absolute Gasteiger partial charge is 0.489 e. The van der Waals surface area contributed by atoms with Gasteiger partial charge in [0, 0.05) is 23.8 Å². The minimum atomic E-state index is -0.689. The second-order valence-corrected chi connectivity index (χ2v) is 9.24. The summed E-state index contributed by atoms with van der Waals surface area (Å²) in [5, 5.41) is 6.13. The van der Waals surface area contributed by atoms with Crippen molar-refractivity contribution in [3.63, 3.8) is 0 Å². The summed E-state index contributed by atoms with van der Waals surface area (Å²) in [5.74, 6) is -0.0590. The Bertz CT molecular complexity index is 1390. The Hall–Kier alpha value is -4.30. The predicted octanol–water partition coefficient (Wildman–Crippen LogP) is 4.35. The highest BCUT2D eigenvalue weighted by Crippen LogP contribution is 2.37. The molecule has 37 heavy (non-hydrogen) atoms. The van der Waals surface area contributed by atoms with Crippen molar-refractivity contribution < 1.29 is 19.1 Å². The Morgan fingerprint density at radius 2 is 1.81 bits per heavy atom. The van der Waals surface area contributed by atoms with Gasteiger partial charge in [0.1, 0.15) is 18.9 Å². The monoisotopic (exact) mass is 516 g/mol. The average molecular weight is 517 g/mol. The minimum absolute atomic E-state index is 0.146. The standard InChI is InChI=1S/C28H25ClN4O4/c1-32-23-15-33(27(35)25(23)26(31-28(32)36)21-12-5-6-13-22(21)29)16-24(34)30-19-10-7-11-20(14-19)37-17-18-8-3-2-4-9-18/h2-14,26H,15-17H2,1H3,(H,30,34)(H,31,36)/t26-/m0/s1. The SMILES string of the molecule is CN1C(=O)N[C@@H](c2ccccc2Cl)C2=C1CN(CC(=O)Nc1cccc(OCc3ccccc3)c1)C2=O. The van der Waals surface area contributed by atoms with Crippen molar-refractivity contribution in [3.8, 4) is 5.75 Å². The third-order valence-electron chi connectivity index (χ3n) is 6.35. The molecular formula is C28H25ClN4O4. The molecule has 9 heteroatoms. The highest BCUT2D eigenvalue weighted by Gasteiger charge is 2.43. The molecule has 1 atom stereocenters. The maximum absolute atomic E-state index is 13.4. The van der Waals surface area contributed by atoms with Crippen LogP contribution in [0.2, 0.25) is 5.02 Å². The van der Waals surface area contributed by atoms with Gasteiger partial charge in [0.25, 0.3) is 5.91 Å². The Morgan fingerprint density at radius 1 is 1.05 bits per heavy atom. The third kappa shape index (κ3) is 5.15. The van der Waals surface area contributed by atoms with Crippen LogP contribution in [0.5, 0.6) is 5.75 Å². The van der Waals surface area contributed by atoms with Crippen LogP contribution in [-0.4, -0.2) is 47.8 Å². The summed E-state index contributed by atoms with van der Waals surface area (Å²) >= 11 is 6.37. The van der Waals surface area contributed by atoms with Crippen molar-refractivity contribution in [2.75, 3.05) is 25.5 Å². The molecule has 0 unspecified atom stereocenters. The van der Waals surface area contributed by atoms with Crippen LogP contribution >= 0.6 is 11.6 Å². The lowest BCUT2D eigenvalue weighted by atomic mass is 9.96. The molecule has 0 aliphatic carbocycles.